The van der Waals surface area contributed by atoms with Gasteiger partial charge in [0.25, 0.3) is 0 Å². The first-order valence-electron chi connectivity index (χ1n) is 4.80. The minimum Gasteiger partial charge on any atom is -0.363 e. The molecule has 1 aliphatic heterocycles. The van der Waals surface area contributed by atoms with Crippen molar-refractivity contribution in [3.8, 4) is 0 Å². The molecule has 1 aliphatic rings. The van der Waals surface area contributed by atoms with Crippen LogP contribution < -0.4 is 5.32 Å². The topological polar surface area (TPSA) is 15.3 Å². The molecule has 0 aromatic rings. The second-order valence-electron chi connectivity index (χ2n) is 3.42. The Balaban J connectivity index is 2.30. The highest BCUT2D eigenvalue weighted by Crippen LogP contribution is 2.15. The highest BCUT2D eigenvalue weighted by Gasteiger charge is 2.21. The van der Waals surface area contributed by atoms with Crippen LogP contribution in [0.4, 0.5) is 0 Å². The molecule has 1 saturated heterocycles. The molecule has 12 heavy (non-hydrogen) atoms. The van der Waals surface area contributed by atoms with Crippen LogP contribution in [0.1, 0.15) is 33.1 Å². The van der Waals surface area contributed by atoms with Gasteiger partial charge in [-0.1, -0.05) is 6.92 Å². The minimum atomic E-state index is 0.641. The van der Waals surface area contributed by atoms with E-state index in [1.807, 2.05) is 0 Å². The summed E-state index contributed by atoms with van der Waals surface area (Å²) in [5.74, 6) is 0. The molecule has 1 N–H and O–H groups in total. The molecule has 0 aromatic carbocycles. The second kappa shape index (κ2) is 4.65. The standard InChI is InChI=1S/C9H18N2S/c1-3-6-10-9(12)11-7-4-5-8(11)2/h8H,3-7H2,1-2H3,(H,10,12). The van der Waals surface area contributed by atoms with E-state index in [9.17, 15) is 0 Å². The van der Waals surface area contributed by atoms with Crippen molar-refractivity contribution in [2.75, 3.05) is 13.1 Å². The lowest BCUT2D eigenvalue weighted by Gasteiger charge is -2.24. The Bertz CT molecular complexity index is 159. The fourth-order valence-corrected chi connectivity index (χ4v) is 1.94. The van der Waals surface area contributed by atoms with E-state index in [-0.39, 0.29) is 0 Å². The van der Waals surface area contributed by atoms with Crippen molar-refractivity contribution in [1.29, 1.82) is 0 Å². The summed E-state index contributed by atoms with van der Waals surface area (Å²) in [7, 11) is 0. The van der Waals surface area contributed by atoms with Gasteiger partial charge in [0.05, 0.1) is 0 Å². The number of likely N-dealkylation sites (tertiary alicyclic amines) is 1. The molecular formula is C9H18N2S. The zero-order chi connectivity index (χ0) is 8.97. The lowest BCUT2D eigenvalue weighted by molar-refractivity contribution is 0.407. The summed E-state index contributed by atoms with van der Waals surface area (Å²) in [4.78, 5) is 2.30. The second-order valence-corrected chi connectivity index (χ2v) is 3.80. The van der Waals surface area contributed by atoms with Crippen LogP contribution in [0.2, 0.25) is 0 Å². The zero-order valence-corrected chi connectivity index (χ0v) is 8.78. The predicted molar refractivity (Wildman–Crippen MR) is 56.3 cm³/mol. The smallest absolute Gasteiger partial charge is 0.169 e. The van der Waals surface area contributed by atoms with Crippen LogP contribution in [0.15, 0.2) is 0 Å². The van der Waals surface area contributed by atoms with Crippen LogP contribution in [-0.4, -0.2) is 29.1 Å². The van der Waals surface area contributed by atoms with E-state index in [0.717, 1.165) is 24.6 Å². The van der Waals surface area contributed by atoms with Crippen molar-refractivity contribution in [3.63, 3.8) is 0 Å². The molecular weight excluding hydrogens is 168 g/mol. The summed E-state index contributed by atoms with van der Waals surface area (Å²) in [5, 5.41) is 4.21. The average molecular weight is 186 g/mol. The van der Waals surface area contributed by atoms with Crippen LogP contribution >= 0.6 is 12.2 Å². The molecule has 70 valence electrons. The monoisotopic (exact) mass is 186 g/mol. The highest BCUT2D eigenvalue weighted by molar-refractivity contribution is 7.80. The highest BCUT2D eigenvalue weighted by atomic mass is 32.1. The Morgan fingerprint density at radius 2 is 2.42 bits per heavy atom. The van der Waals surface area contributed by atoms with Crippen molar-refractivity contribution < 1.29 is 0 Å². The first-order valence-corrected chi connectivity index (χ1v) is 5.21. The van der Waals surface area contributed by atoms with E-state index in [1.54, 1.807) is 0 Å². The van der Waals surface area contributed by atoms with Crippen molar-refractivity contribution in [2.24, 2.45) is 0 Å². The first kappa shape index (κ1) is 9.78. The summed E-state index contributed by atoms with van der Waals surface area (Å²) in [6.07, 6.45) is 3.71. The van der Waals surface area contributed by atoms with E-state index in [4.69, 9.17) is 12.2 Å². The lowest BCUT2D eigenvalue weighted by Crippen LogP contribution is -2.41. The van der Waals surface area contributed by atoms with Crippen molar-refractivity contribution in [3.05, 3.63) is 0 Å². The Hall–Kier alpha value is -0.310. The lowest BCUT2D eigenvalue weighted by atomic mass is 10.2. The molecule has 1 unspecified atom stereocenters. The number of hydrogen-bond acceptors (Lipinski definition) is 1. The first-order chi connectivity index (χ1) is 5.75. The van der Waals surface area contributed by atoms with Gasteiger partial charge in [-0.15, -0.1) is 0 Å². The van der Waals surface area contributed by atoms with Crippen LogP contribution in [-0.2, 0) is 0 Å². The third-order valence-corrected chi connectivity index (χ3v) is 2.72. The number of rotatable bonds is 2. The van der Waals surface area contributed by atoms with Crippen LogP contribution in [0, 0.1) is 0 Å². The molecule has 0 aliphatic carbocycles. The van der Waals surface area contributed by atoms with Crippen molar-refractivity contribution in [2.45, 2.75) is 39.2 Å². The van der Waals surface area contributed by atoms with E-state index in [1.165, 1.54) is 12.8 Å². The van der Waals surface area contributed by atoms with Gasteiger partial charge in [-0.3, -0.25) is 0 Å². The van der Waals surface area contributed by atoms with Crippen LogP contribution in [0.25, 0.3) is 0 Å². The van der Waals surface area contributed by atoms with Gasteiger partial charge in [-0.2, -0.15) is 0 Å². The maximum absolute atomic E-state index is 5.27. The van der Waals surface area contributed by atoms with Gasteiger partial charge in [0.15, 0.2) is 5.11 Å². The summed E-state index contributed by atoms with van der Waals surface area (Å²) in [5.41, 5.74) is 0. The molecule has 3 heteroatoms. The van der Waals surface area contributed by atoms with Crippen molar-refractivity contribution in [1.82, 2.24) is 10.2 Å². The van der Waals surface area contributed by atoms with E-state index in [0.29, 0.717) is 6.04 Å². The Labute approximate surface area is 80.3 Å². The molecule has 2 nitrogen and oxygen atoms in total. The molecule has 0 spiro atoms. The Kier molecular flexibility index (Phi) is 3.79. The van der Waals surface area contributed by atoms with Gasteiger partial charge in [-0.25, -0.2) is 0 Å². The van der Waals surface area contributed by atoms with Crippen LogP contribution in [0.5, 0.6) is 0 Å². The number of nitrogens with one attached hydrogen (secondary N) is 1. The third kappa shape index (κ3) is 2.34. The van der Waals surface area contributed by atoms with E-state index >= 15 is 0 Å². The van der Waals surface area contributed by atoms with Crippen LogP contribution in [0.3, 0.4) is 0 Å². The van der Waals surface area contributed by atoms with Gasteiger partial charge in [0.2, 0.25) is 0 Å². The fraction of sp³-hybridized carbons (Fsp3) is 0.889. The summed E-state index contributed by atoms with van der Waals surface area (Å²) in [6.45, 7) is 6.54. The summed E-state index contributed by atoms with van der Waals surface area (Å²) < 4.78 is 0. The molecule has 0 aromatic heterocycles. The number of nitrogens with zero attached hydrogens (tertiary/aromatic N) is 1. The number of hydrogen-bond donors (Lipinski definition) is 1. The Morgan fingerprint density at radius 1 is 1.67 bits per heavy atom. The summed E-state index contributed by atoms with van der Waals surface area (Å²) in [6, 6.07) is 0.641. The third-order valence-electron chi connectivity index (χ3n) is 2.34. The molecule has 0 bridgehead atoms. The predicted octanol–water partition coefficient (Wildman–Crippen LogP) is 1.76. The molecule has 1 heterocycles. The minimum absolute atomic E-state index is 0.641. The quantitative estimate of drug-likeness (QED) is 0.662. The van der Waals surface area contributed by atoms with Gasteiger partial charge in [-0.05, 0) is 38.4 Å². The molecule has 1 atom stereocenters. The van der Waals surface area contributed by atoms with Gasteiger partial charge in [0, 0.05) is 19.1 Å². The largest absolute Gasteiger partial charge is 0.363 e. The SMILES string of the molecule is CCCNC(=S)N1CCCC1C. The molecule has 0 amide bonds. The van der Waals surface area contributed by atoms with E-state index < -0.39 is 0 Å². The number of thiocarbonyl (C=S) groups is 1. The van der Waals surface area contributed by atoms with Gasteiger partial charge >= 0.3 is 0 Å². The maximum atomic E-state index is 5.27. The normalized spacial score (nSPS) is 22.8. The van der Waals surface area contributed by atoms with E-state index in [2.05, 4.69) is 24.1 Å². The molecule has 0 radical (unpaired) electrons. The summed E-state index contributed by atoms with van der Waals surface area (Å²) >= 11 is 5.27. The van der Waals surface area contributed by atoms with Gasteiger partial charge in [0.1, 0.15) is 0 Å². The molecule has 1 rings (SSSR count). The maximum Gasteiger partial charge on any atom is 0.169 e. The zero-order valence-electron chi connectivity index (χ0n) is 7.97. The fourth-order valence-electron chi connectivity index (χ4n) is 1.57. The molecule has 1 fully saturated rings. The molecule has 0 saturated carbocycles. The van der Waals surface area contributed by atoms with Crippen molar-refractivity contribution >= 4 is 17.3 Å². The van der Waals surface area contributed by atoms with Gasteiger partial charge < -0.3 is 10.2 Å². The average Bonchev–Trinajstić information content (AvgIpc) is 2.47. The Morgan fingerprint density at radius 3 is 2.92 bits per heavy atom.